The molecule has 0 saturated carbocycles. The van der Waals surface area contributed by atoms with Crippen molar-refractivity contribution in [2.75, 3.05) is 23.9 Å². The molecule has 3 rings (SSSR count). The Kier molecular flexibility index (Phi) is 4.07. The average molecular weight is 302 g/mol. The van der Waals surface area contributed by atoms with E-state index >= 15 is 0 Å². The molecule has 1 N–H and O–H groups in total. The van der Waals surface area contributed by atoms with Crippen LogP contribution in [0.1, 0.15) is 38.5 Å². The van der Waals surface area contributed by atoms with Crippen LogP contribution in [-0.2, 0) is 9.53 Å². The lowest BCUT2D eigenvalue weighted by Crippen LogP contribution is -2.51. The van der Waals surface area contributed by atoms with Gasteiger partial charge in [0.1, 0.15) is 4.75 Å². The summed E-state index contributed by atoms with van der Waals surface area (Å²) in [6.07, 6.45) is 6.00. The summed E-state index contributed by atoms with van der Waals surface area (Å²) in [5.74, 6) is 3.06. The summed E-state index contributed by atoms with van der Waals surface area (Å²) in [5, 5.41) is 9.74. The highest BCUT2D eigenvalue weighted by molar-refractivity contribution is 8.01. The van der Waals surface area contributed by atoms with E-state index < -0.39 is 10.7 Å². The van der Waals surface area contributed by atoms with E-state index in [9.17, 15) is 9.90 Å². The van der Waals surface area contributed by atoms with Crippen LogP contribution < -0.4 is 0 Å². The molecule has 1 spiro atoms. The molecule has 0 bridgehead atoms. The van der Waals surface area contributed by atoms with Gasteiger partial charge < -0.3 is 9.84 Å². The molecular formula is C14H22O3S2. The fraction of sp³-hybridized carbons (Fsp3) is 0.929. The quantitative estimate of drug-likeness (QED) is 0.849. The molecule has 2 unspecified atom stereocenters. The highest BCUT2D eigenvalue weighted by atomic mass is 32.2. The van der Waals surface area contributed by atoms with Crippen LogP contribution in [0.5, 0.6) is 0 Å². The number of carboxylic acid groups (broad SMARTS) is 1. The predicted octanol–water partition coefficient (Wildman–Crippen LogP) is 3.03. The molecular weight excluding hydrogens is 280 g/mol. The van der Waals surface area contributed by atoms with Crippen LogP contribution in [0.3, 0.4) is 0 Å². The van der Waals surface area contributed by atoms with Crippen molar-refractivity contribution in [1.82, 2.24) is 0 Å². The Morgan fingerprint density at radius 3 is 2.63 bits per heavy atom. The van der Waals surface area contributed by atoms with Crippen molar-refractivity contribution in [3.8, 4) is 0 Å². The number of hydrogen-bond acceptors (Lipinski definition) is 4. The van der Waals surface area contributed by atoms with Crippen molar-refractivity contribution >= 4 is 29.5 Å². The minimum Gasteiger partial charge on any atom is -0.480 e. The fourth-order valence-electron chi connectivity index (χ4n) is 3.84. The summed E-state index contributed by atoms with van der Waals surface area (Å²) in [6, 6.07) is 0. The van der Waals surface area contributed by atoms with Crippen LogP contribution in [0.15, 0.2) is 0 Å². The van der Waals surface area contributed by atoms with Crippen molar-refractivity contribution in [2.24, 2.45) is 5.92 Å². The molecule has 3 nitrogen and oxygen atoms in total. The molecule has 0 aromatic rings. The van der Waals surface area contributed by atoms with Crippen LogP contribution in [0.4, 0.5) is 0 Å². The van der Waals surface area contributed by atoms with E-state index in [1.54, 1.807) is 11.8 Å². The Morgan fingerprint density at radius 2 is 2.00 bits per heavy atom. The van der Waals surface area contributed by atoms with Gasteiger partial charge in [-0.05, 0) is 61.7 Å². The predicted molar refractivity (Wildman–Crippen MR) is 80.0 cm³/mol. The Morgan fingerprint density at radius 1 is 1.21 bits per heavy atom. The van der Waals surface area contributed by atoms with Gasteiger partial charge in [-0.1, -0.05) is 0 Å². The van der Waals surface area contributed by atoms with E-state index in [4.69, 9.17) is 4.74 Å². The van der Waals surface area contributed by atoms with Gasteiger partial charge in [0.15, 0.2) is 0 Å². The molecule has 3 aliphatic rings. The highest BCUT2D eigenvalue weighted by Gasteiger charge is 2.53. The maximum atomic E-state index is 11.8. The third kappa shape index (κ3) is 2.54. The van der Waals surface area contributed by atoms with Gasteiger partial charge in [0.2, 0.25) is 0 Å². The van der Waals surface area contributed by atoms with Gasteiger partial charge in [-0.25, -0.2) is 0 Å². The third-order valence-corrected chi connectivity index (χ3v) is 7.68. The summed E-state index contributed by atoms with van der Waals surface area (Å²) in [4.78, 5) is 11.8. The van der Waals surface area contributed by atoms with E-state index in [1.807, 2.05) is 11.8 Å². The standard InChI is InChI=1S/C14H22O3S2/c15-12(16)14(3-1-7-19-14)11-2-6-17-13(10-11)4-8-18-9-5-13/h11H,1-10H2,(H,15,16). The Bertz CT molecular complexity index is 341. The van der Waals surface area contributed by atoms with Crippen molar-refractivity contribution in [2.45, 2.75) is 48.9 Å². The molecule has 0 aliphatic carbocycles. The molecule has 3 heterocycles. The Labute approximate surface area is 123 Å². The zero-order valence-corrected chi connectivity index (χ0v) is 12.9. The monoisotopic (exact) mass is 302 g/mol. The van der Waals surface area contributed by atoms with Crippen molar-refractivity contribution < 1.29 is 14.6 Å². The summed E-state index contributed by atoms with van der Waals surface area (Å²) in [6.45, 7) is 0.755. The van der Waals surface area contributed by atoms with Gasteiger partial charge in [0.25, 0.3) is 0 Å². The van der Waals surface area contributed by atoms with Crippen LogP contribution in [0, 0.1) is 5.92 Å². The number of ether oxygens (including phenoxy) is 1. The number of hydrogen-bond donors (Lipinski definition) is 1. The molecule has 3 fully saturated rings. The first-order valence-corrected chi connectivity index (χ1v) is 9.40. The van der Waals surface area contributed by atoms with Gasteiger partial charge in [-0.2, -0.15) is 11.8 Å². The van der Waals surface area contributed by atoms with Gasteiger partial charge in [0, 0.05) is 6.61 Å². The van der Waals surface area contributed by atoms with E-state index in [2.05, 4.69) is 0 Å². The summed E-state index contributed by atoms with van der Waals surface area (Å²) in [7, 11) is 0. The highest BCUT2D eigenvalue weighted by Crippen LogP contribution is 2.51. The van der Waals surface area contributed by atoms with Gasteiger partial charge in [-0.15, -0.1) is 11.8 Å². The molecule has 0 aromatic carbocycles. The van der Waals surface area contributed by atoms with Crippen molar-refractivity contribution in [3.63, 3.8) is 0 Å². The lowest BCUT2D eigenvalue weighted by Gasteiger charge is -2.47. The number of aliphatic carboxylic acids is 1. The number of thioether (sulfide) groups is 2. The zero-order chi connectivity index (χ0) is 13.3. The molecule has 2 atom stereocenters. The smallest absolute Gasteiger partial charge is 0.320 e. The van der Waals surface area contributed by atoms with E-state index in [1.165, 1.54) is 11.5 Å². The minimum atomic E-state index is -0.581. The minimum absolute atomic E-state index is 0.000231. The second kappa shape index (κ2) is 5.49. The molecule has 5 heteroatoms. The van der Waals surface area contributed by atoms with E-state index in [0.29, 0.717) is 5.92 Å². The first-order chi connectivity index (χ1) is 9.17. The average Bonchev–Trinajstić information content (AvgIpc) is 2.90. The molecule has 0 radical (unpaired) electrons. The summed E-state index contributed by atoms with van der Waals surface area (Å²) >= 11 is 3.69. The number of carbonyl (C=O) groups is 1. The summed E-state index contributed by atoms with van der Waals surface area (Å²) < 4.78 is 5.59. The maximum Gasteiger partial charge on any atom is 0.320 e. The van der Waals surface area contributed by atoms with Crippen LogP contribution in [-0.4, -0.2) is 45.3 Å². The number of rotatable bonds is 2. The molecule has 108 valence electrons. The normalized spacial score (nSPS) is 38.4. The molecule has 3 saturated heterocycles. The third-order valence-electron chi connectivity index (χ3n) is 4.97. The lowest BCUT2D eigenvalue weighted by molar-refractivity contribution is -0.147. The van der Waals surface area contributed by atoms with Crippen molar-refractivity contribution in [3.05, 3.63) is 0 Å². The Balaban J connectivity index is 1.78. The second-order valence-electron chi connectivity index (χ2n) is 5.98. The first-order valence-electron chi connectivity index (χ1n) is 7.26. The largest absolute Gasteiger partial charge is 0.480 e. The van der Waals surface area contributed by atoms with Crippen LogP contribution in [0.2, 0.25) is 0 Å². The van der Waals surface area contributed by atoms with Crippen molar-refractivity contribution in [1.29, 1.82) is 0 Å². The van der Waals surface area contributed by atoms with Gasteiger partial charge in [-0.3, -0.25) is 4.79 Å². The number of carboxylic acids is 1. The molecule has 3 aliphatic heterocycles. The fourth-order valence-corrected chi connectivity index (χ4v) is 6.58. The van der Waals surface area contributed by atoms with E-state index in [-0.39, 0.29) is 5.60 Å². The van der Waals surface area contributed by atoms with Crippen LogP contribution in [0.25, 0.3) is 0 Å². The molecule has 0 amide bonds. The SMILES string of the molecule is O=C(O)C1(C2CCOC3(CCSCC3)C2)CCCS1. The van der Waals surface area contributed by atoms with E-state index in [0.717, 1.165) is 50.9 Å². The maximum absolute atomic E-state index is 11.8. The lowest BCUT2D eigenvalue weighted by atomic mass is 9.74. The van der Waals surface area contributed by atoms with Crippen LogP contribution >= 0.6 is 23.5 Å². The summed E-state index contributed by atoms with van der Waals surface area (Å²) in [5.41, 5.74) is -0.000231. The Hall–Kier alpha value is 0.130. The molecule has 0 aromatic heterocycles. The zero-order valence-electron chi connectivity index (χ0n) is 11.2. The molecule has 19 heavy (non-hydrogen) atoms. The first kappa shape index (κ1) is 14.1. The van der Waals surface area contributed by atoms with Gasteiger partial charge >= 0.3 is 5.97 Å². The van der Waals surface area contributed by atoms with Gasteiger partial charge in [0.05, 0.1) is 5.60 Å². The second-order valence-corrected chi connectivity index (χ2v) is 8.63. The topological polar surface area (TPSA) is 46.5 Å².